The Bertz CT molecular complexity index is 577. The van der Waals surface area contributed by atoms with Crippen molar-refractivity contribution in [3.63, 3.8) is 0 Å². The van der Waals surface area contributed by atoms with Crippen LogP contribution < -0.4 is 9.64 Å². The molecule has 1 saturated carbocycles. The van der Waals surface area contributed by atoms with E-state index in [4.69, 9.17) is 4.74 Å². The van der Waals surface area contributed by atoms with Gasteiger partial charge in [0.25, 0.3) is 0 Å². The molecule has 0 bridgehead atoms. The standard InChI is InChI=1S/C16H18BrNO3/c1-3-9-6-11-12(7-9)16(20)18(15(11)19)14-8-10(21-2)4-5-13(14)17/h4-5,8-9,11-12H,3,6-7H2,1-2H3. The highest BCUT2D eigenvalue weighted by molar-refractivity contribution is 9.10. The van der Waals surface area contributed by atoms with Crippen LogP contribution >= 0.6 is 15.9 Å². The predicted octanol–water partition coefficient (Wildman–Crippen LogP) is 3.38. The van der Waals surface area contributed by atoms with E-state index in [0.29, 0.717) is 17.4 Å². The van der Waals surface area contributed by atoms with Crippen LogP contribution in [0.5, 0.6) is 5.75 Å². The topological polar surface area (TPSA) is 46.6 Å². The van der Waals surface area contributed by atoms with Gasteiger partial charge in [0.15, 0.2) is 0 Å². The number of imide groups is 1. The number of rotatable bonds is 3. The van der Waals surface area contributed by atoms with Crippen molar-refractivity contribution in [3.8, 4) is 5.75 Å². The molecule has 2 aliphatic rings. The maximum atomic E-state index is 12.7. The molecule has 2 atom stereocenters. The molecule has 1 saturated heterocycles. The SMILES string of the molecule is CCC1CC2C(=O)N(c3cc(OC)ccc3Br)C(=O)C2C1. The van der Waals surface area contributed by atoms with Gasteiger partial charge >= 0.3 is 0 Å². The monoisotopic (exact) mass is 351 g/mol. The van der Waals surface area contributed by atoms with E-state index in [1.165, 1.54) is 4.90 Å². The van der Waals surface area contributed by atoms with E-state index in [1.807, 2.05) is 0 Å². The van der Waals surface area contributed by atoms with Crippen molar-refractivity contribution in [2.75, 3.05) is 12.0 Å². The van der Waals surface area contributed by atoms with E-state index in [1.54, 1.807) is 25.3 Å². The zero-order chi connectivity index (χ0) is 15.1. The summed E-state index contributed by atoms with van der Waals surface area (Å²) in [5.74, 6) is 0.743. The third-order valence-corrected chi connectivity index (χ3v) is 5.38. The summed E-state index contributed by atoms with van der Waals surface area (Å²) < 4.78 is 5.93. The molecule has 0 N–H and O–H groups in total. The lowest BCUT2D eigenvalue weighted by molar-refractivity contribution is -0.123. The Balaban J connectivity index is 1.95. The molecular weight excluding hydrogens is 334 g/mol. The smallest absolute Gasteiger partial charge is 0.237 e. The highest BCUT2D eigenvalue weighted by Gasteiger charge is 2.53. The minimum atomic E-state index is -0.138. The van der Waals surface area contributed by atoms with Crippen molar-refractivity contribution in [2.24, 2.45) is 17.8 Å². The van der Waals surface area contributed by atoms with E-state index in [9.17, 15) is 9.59 Å². The van der Waals surface area contributed by atoms with Crippen LogP contribution in [0.2, 0.25) is 0 Å². The van der Waals surface area contributed by atoms with Gasteiger partial charge in [-0.3, -0.25) is 9.59 Å². The van der Waals surface area contributed by atoms with E-state index < -0.39 is 0 Å². The molecule has 4 nitrogen and oxygen atoms in total. The van der Waals surface area contributed by atoms with Gasteiger partial charge in [-0.2, -0.15) is 0 Å². The van der Waals surface area contributed by atoms with Gasteiger partial charge in [0.2, 0.25) is 11.8 Å². The number of anilines is 1. The normalized spacial score (nSPS) is 28.1. The summed E-state index contributed by atoms with van der Waals surface area (Å²) in [6.07, 6.45) is 2.71. The summed E-state index contributed by atoms with van der Waals surface area (Å²) in [7, 11) is 1.57. The lowest BCUT2D eigenvalue weighted by Crippen LogP contribution is -2.32. The first-order valence-corrected chi connectivity index (χ1v) is 8.07. The molecular formula is C16H18BrNO3. The van der Waals surface area contributed by atoms with E-state index >= 15 is 0 Å². The average Bonchev–Trinajstić information content (AvgIpc) is 3.01. The van der Waals surface area contributed by atoms with Gasteiger partial charge in [0.1, 0.15) is 5.75 Å². The summed E-state index contributed by atoms with van der Waals surface area (Å²) in [6, 6.07) is 5.34. The molecule has 112 valence electrons. The summed E-state index contributed by atoms with van der Waals surface area (Å²) in [6.45, 7) is 2.12. The number of hydrogen-bond donors (Lipinski definition) is 0. The number of halogens is 1. The van der Waals surface area contributed by atoms with Crippen LogP contribution in [0.3, 0.4) is 0 Å². The van der Waals surface area contributed by atoms with Gasteiger partial charge < -0.3 is 4.74 Å². The molecule has 3 rings (SSSR count). The van der Waals surface area contributed by atoms with Crippen LogP contribution in [-0.4, -0.2) is 18.9 Å². The van der Waals surface area contributed by atoms with Gasteiger partial charge in [-0.05, 0) is 46.8 Å². The van der Waals surface area contributed by atoms with Gasteiger partial charge in [-0.1, -0.05) is 13.3 Å². The molecule has 21 heavy (non-hydrogen) atoms. The van der Waals surface area contributed by atoms with Gasteiger partial charge in [0, 0.05) is 10.5 Å². The maximum Gasteiger partial charge on any atom is 0.237 e. The second kappa shape index (κ2) is 5.44. The molecule has 1 aliphatic carbocycles. The van der Waals surface area contributed by atoms with E-state index in [0.717, 1.165) is 23.7 Å². The van der Waals surface area contributed by atoms with Crippen molar-refractivity contribution in [3.05, 3.63) is 22.7 Å². The molecule has 1 aliphatic heterocycles. The number of benzene rings is 1. The molecule has 0 radical (unpaired) electrons. The van der Waals surface area contributed by atoms with Crippen molar-refractivity contribution in [2.45, 2.75) is 26.2 Å². The first kappa shape index (κ1) is 14.6. The highest BCUT2D eigenvalue weighted by Crippen LogP contribution is 2.46. The third-order valence-electron chi connectivity index (χ3n) is 4.71. The number of carbonyl (C=O) groups excluding carboxylic acids is 2. The van der Waals surface area contributed by atoms with Gasteiger partial charge in [0.05, 0.1) is 24.6 Å². The molecule has 1 heterocycles. The third kappa shape index (κ3) is 2.27. The number of fused-ring (bicyclic) bond motifs is 1. The van der Waals surface area contributed by atoms with Crippen LogP contribution in [0.4, 0.5) is 5.69 Å². The van der Waals surface area contributed by atoms with Crippen LogP contribution in [-0.2, 0) is 9.59 Å². The summed E-state index contributed by atoms with van der Waals surface area (Å²) in [4.78, 5) is 26.7. The second-order valence-corrected chi connectivity index (χ2v) is 6.64. The van der Waals surface area contributed by atoms with Gasteiger partial charge in [-0.15, -0.1) is 0 Å². The Morgan fingerprint density at radius 3 is 2.38 bits per heavy atom. The number of amides is 2. The van der Waals surface area contributed by atoms with Crippen molar-refractivity contribution in [1.29, 1.82) is 0 Å². The molecule has 5 heteroatoms. The van der Waals surface area contributed by atoms with Crippen LogP contribution in [0.25, 0.3) is 0 Å². The van der Waals surface area contributed by atoms with Gasteiger partial charge in [-0.25, -0.2) is 4.90 Å². The fourth-order valence-corrected chi connectivity index (χ4v) is 3.91. The summed E-state index contributed by atoms with van der Waals surface area (Å²) in [5, 5.41) is 0. The Morgan fingerprint density at radius 2 is 1.86 bits per heavy atom. The Hall–Kier alpha value is -1.36. The number of methoxy groups -OCH3 is 1. The zero-order valence-electron chi connectivity index (χ0n) is 12.1. The minimum absolute atomic E-state index is 0.0603. The number of nitrogens with zero attached hydrogens (tertiary/aromatic N) is 1. The lowest BCUT2D eigenvalue weighted by Gasteiger charge is -2.19. The van der Waals surface area contributed by atoms with Crippen LogP contribution in [0.1, 0.15) is 26.2 Å². The van der Waals surface area contributed by atoms with E-state index in [2.05, 4.69) is 22.9 Å². The second-order valence-electron chi connectivity index (χ2n) is 5.79. The van der Waals surface area contributed by atoms with Crippen molar-refractivity contribution < 1.29 is 14.3 Å². The molecule has 1 aromatic carbocycles. The minimum Gasteiger partial charge on any atom is -0.497 e. The fourth-order valence-electron chi connectivity index (χ4n) is 3.49. The lowest BCUT2D eigenvalue weighted by atomic mass is 10.00. The maximum absolute atomic E-state index is 12.7. The van der Waals surface area contributed by atoms with Crippen molar-refractivity contribution >= 4 is 33.4 Å². The first-order chi connectivity index (χ1) is 10.1. The Labute approximate surface area is 132 Å². The summed E-state index contributed by atoms with van der Waals surface area (Å²) in [5.41, 5.74) is 0.590. The molecule has 1 aromatic rings. The zero-order valence-corrected chi connectivity index (χ0v) is 13.7. The molecule has 2 amide bonds. The predicted molar refractivity (Wildman–Crippen MR) is 83.2 cm³/mol. The molecule has 0 aromatic heterocycles. The summed E-state index contributed by atoms with van der Waals surface area (Å²) >= 11 is 3.43. The van der Waals surface area contributed by atoms with E-state index in [-0.39, 0.29) is 23.7 Å². The molecule has 0 spiro atoms. The van der Waals surface area contributed by atoms with Crippen LogP contribution in [0.15, 0.2) is 22.7 Å². The Kier molecular flexibility index (Phi) is 3.78. The first-order valence-electron chi connectivity index (χ1n) is 7.28. The largest absolute Gasteiger partial charge is 0.497 e. The highest BCUT2D eigenvalue weighted by atomic mass is 79.9. The number of carbonyl (C=O) groups is 2. The fraction of sp³-hybridized carbons (Fsp3) is 0.500. The van der Waals surface area contributed by atoms with Crippen molar-refractivity contribution in [1.82, 2.24) is 0 Å². The number of ether oxygens (including phenoxy) is 1. The number of hydrogen-bond acceptors (Lipinski definition) is 3. The van der Waals surface area contributed by atoms with Crippen LogP contribution in [0, 0.1) is 17.8 Å². The molecule has 2 unspecified atom stereocenters. The molecule has 2 fully saturated rings. The average molecular weight is 352 g/mol. The Morgan fingerprint density at radius 1 is 1.24 bits per heavy atom. The quantitative estimate of drug-likeness (QED) is 0.784.